The highest BCUT2D eigenvalue weighted by Gasteiger charge is 2.34. The molecule has 0 aliphatic carbocycles. The van der Waals surface area contributed by atoms with E-state index in [9.17, 15) is 5.11 Å². The second kappa shape index (κ2) is 6.26. The van der Waals surface area contributed by atoms with Crippen molar-refractivity contribution in [2.24, 2.45) is 5.92 Å². The highest BCUT2D eigenvalue weighted by molar-refractivity contribution is 4.94. The highest BCUT2D eigenvalue weighted by Crippen LogP contribution is 2.19. The molecule has 0 bridgehead atoms. The summed E-state index contributed by atoms with van der Waals surface area (Å²) in [4.78, 5) is 4.19. The molecule has 6 heteroatoms. The summed E-state index contributed by atoms with van der Waals surface area (Å²) in [5.41, 5.74) is -1.15. The Kier molecular flexibility index (Phi) is 5.25. The molecule has 104 valence electrons. The first-order valence-electron chi connectivity index (χ1n) is 6.05. The van der Waals surface area contributed by atoms with Crippen molar-refractivity contribution in [3.8, 4) is 0 Å². The molecule has 0 aliphatic heterocycles. The molecule has 0 amide bonds. The number of nitrogens with zero attached hydrogens (tertiary/aromatic N) is 3. The second-order valence-corrected chi connectivity index (χ2v) is 5.09. The average molecular weight is 257 g/mol. The van der Waals surface area contributed by atoms with E-state index in [4.69, 9.17) is 9.47 Å². The molecule has 1 heterocycles. The Bertz CT molecular complexity index is 359. The van der Waals surface area contributed by atoms with Crippen LogP contribution >= 0.6 is 0 Å². The van der Waals surface area contributed by atoms with E-state index in [1.165, 1.54) is 20.5 Å². The van der Waals surface area contributed by atoms with Crippen LogP contribution in [0.25, 0.3) is 0 Å². The lowest BCUT2D eigenvalue weighted by molar-refractivity contribution is -0.208. The zero-order chi connectivity index (χ0) is 13.8. The van der Waals surface area contributed by atoms with E-state index in [0.29, 0.717) is 12.3 Å². The van der Waals surface area contributed by atoms with Crippen LogP contribution in [0, 0.1) is 5.92 Å². The van der Waals surface area contributed by atoms with E-state index in [1.807, 2.05) is 4.68 Å². The minimum Gasteiger partial charge on any atom is -0.384 e. The minimum absolute atomic E-state index is 0.325. The van der Waals surface area contributed by atoms with Crippen LogP contribution < -0.4 is 0 Å². The molecule has 1 aromatic rings. The van der Waals surface area contributed by atoms with E-state index in [2.05, 4.69) is 23.9 Å². The molecule has 1 unspecified atom stereocenters. The first-order chi connectivity index (χ1) is 8.40. The van der Waals surface area contributed by atoms with Gasteiger partial charge >= 0.3 is 0 Å². The zero-order valence-electron chi connectivity index (χ0n) is 11.8. The molecule has 18 heavy (non-hydrogen) atoms. The van der Waals surface area contributed by atoms with Crippen molar-refractivity contribution in [1.82, 2.24) is 14.8 Å². The SMILES string of the molecule is COC(OC)C(C)(O)Cc1ncnn1CC(C)C. The van der Waals surface area contributed by atoms with Gasteiger partial charge in [0.05, 0.1) is 0 Å². The predicted octanol–water partition coefficient (Wildman–Crippen LogP) is 0.846. The van der Waals surface area contributed by atoms with Gasteiger partial charge in [-0.2, -0.15) is 5.10 Å². The summed E-state index contributed by atoms with van der Waals surface area (Å²) in [5, 5.41) is 14.5. The lowest BCUT2D eigenvalue weighted by Gasteiger charge is -2.30. The average Bonchev–Trinajstić information content (AvgIpc) is 2.65. The van der Waals surface area contributed by atoms with Crippen LogP contribution in [0.4, 0.5) is 0 Å². The molecular weight excluding hydrogens is 234 g/mol. The maximum absolute atomic E-state index is 10.4. The maximum atomic E-state index is 10.4. The van der Waals surface area contributed by atoms with E-state index in [0.717, 1.165) is 12.4 Å². The summed E-state index contributed by atoms with van der Waals surface area (Å²) in [7, 11) is 3.00. The smallest absolute Gasteiger partial charge is 0.185 e. The summed E-state index contributed by atoms with van der Waals surface area (Å²) >= 11 is 0. The standard InChI is InChI=1S/C12H23N3O3/c1-9(2)7-15-10(13-8-14-15)6-12(3,16)11(17-4)18-5/h8-9,11,16H,6-7H2,1-5H3. The lowest BCUT2D eigenvalue weighted by Crippen LogP contribution is -2.44. The Hall–Kier alpha value is -0.980. The fourth-order valence-electron chi connectivity index (χ4n) is 1.93. The molecule has 1 N–H and O–H groups in total. The third-order valence-corrected chi connectivity index (χ3v) is 2.69. The summed E-state index contributed by atoms with van der Waals surface area (Å²) in [5.74, 6) is 1.20. The van der Waals surface area contributed by atoms with Crippen LogP contribution in [0.15, 0.2) is 6.33 Å². The van der Waals surface area contributed by atoms with Gasteiger partial charge in [0.1, 0.15) is 17.8 Å². The molecule has 1 atom stereocenters. The maximum Gasteiger partial charge on any atom is 0.185 e. The summed E-state index contributed by atoms with van der Waals surface area (Å²) in [6.45, 7) is 6.66. The number of aromatic nitrogens is 3. The molecule has 0 aromatic carbocycles. The number of aliphatic hydroxyl groups is 1. The Labute approximate surface area is 108 Å². The van der Waals surface area contributed by atoms with Crippen molar-refractivity contribution < 1.29 is 14.6 Å². The van der Waals surface area contributed by atoms with Crippen molar-refractivity contribution in [2.45, 2.75) is 45.6 Å². The minimum atomic E-state index is -1.15. The van der Waals surface area contributed by atoms with Crippen LogP contribution in [-0.2, 0) is 22.4 Å². The van der Waals surface area contributed by atoms with Crippen molar-refractivity contribution in [1.29, 1.82) is 0 Å². The molecule has 6 nitrogen and oxygen atoms in total. The quantitative estimate of drug-likeness (QED) is 0.733. The molecule has 0 fully saturated rings. The van der Waals surface area contributed by atoms with E-state index in [-0.39, 0.29) is 0 Å². The summed E-state index contributed by atoms with van der Waals surface area (Å²) < 4.78 is 12.0. The normalized spacial score (nSPS) is 15.3. The topological polar surface area (TPSA) is 69.4 Å². The number of rotatable bonds is 7. The molecule has 0 saturated heterocycles. The fourth-order valence-corrected chi connectivity index (χ4v) is 1.93. The number of methoxy groups -OCH3 is 2. The molecule has 0 spiro atoms. The highest BCUT2D eigenvalue weighted by atomic mass is 16.7. The molecule has 1 rings (SSSR count). The van der Waals surface area contributed by atoms with Crippen molar-refractivity contribution in [3.63, 3.8) is 0 Å². The number of hydrogen-bond donors (Lipinski definition) is 1. The monoisotopic (exact) mass is 257 g/mol. The van der Waals surface area contributed by atoms with Crippen LogP contribution in [0.2, 0.25) is 0 Å². The predicted molar refractivity (Wildman–Crippen MR) is 67.0 cm³/mol. The van der Waals surface area contributed by atoms with Gasteiger partial charge < -0.3 is 14.6 Å². The van der Waals surface area contributed by atoms with Gasteiger partial charge in [0, 0.05) is 27.2 Å². The summed E-state index contributed by atoms with van der Waals surface area (Å²) in [6.07, 6.45) is 1.13. The van der Waals surface area contributed by atoms with Crippen LogP contribution in [-0.4, -0.2) is 46.0 Å². The van der Waals surface area contributed by atoms with Gasteiger partial charge in [-0.1, -0.05) is 13.8 Å². The van der Waals surface area contributed by atoms with Gasteiger partial charge in [0.25, 0.3) is 0 Å². The first kappa shape index (κ1) is 15.1. The Morgan fingerprint density at radius 2 is 2.00 bits per heavy atom. The number of ether oxygens (including phenoxy) is 2. The van der Waals surface area contributed by atoms with Crippen LogP contribution in [0.5, 0.6) is 0 Å². The Morgan fingerprint density at radius 3 is 2.50 bits per heavy atom. The zero-order valence-corrected chi connectivity index (χ0v) is 11.8. The fraction of sp³-hybridized carbons (Fsp3) is 0.833. The largest absolute Gasteiger partial charge is 0.384 e. The van der Waals surface area contributed by atoms with Gasteiger partial charge in [-0.05, 0) is 12.8 Å². The summed E-state index contributed by atoms with van der Waals surface area (Å²) in [6, 6.07) is 0. The van der Waals surface area contributed by atoms with Crippen LogP contribution in [0.3, 0.4) is 0 Å². The molecule has 1 aromatic heterocycles. The van der Waals surface area contributed by atoms with Crippen molar-refractivity contribution in [2.75, 3.05) is 14.2 Å². The Morgan fingerprint density at radius 1 is 1.39 bits per heavy atom. The Balaban J connectivity index is 2.80. The van der Waals surface area contributed by atoms with E-state index in [1.54, 1.807) is 6.92 Å². The number of hydrogen-bond acceptors (Lipinski definition) is 5. The molecular formula is C12H23N3O3. The molecule has 0 radical (unpaired) electrons. The van der Waals surface area contributed by atoms with Gasteiger partial charge in [-0.3, -0.25) is 0 Å². The third-order valence-electron chi connectivity index (χ3n) is 2.69. The van der Waals surface area contributed by atoms with Crippen LogP contribution in [0.1, 0.15) is 26.6 Å². The second-order valence-electron chi connectivity index (χ2n) is 5.09. The van der Waals surface area contributed by atoms with E-state index < -0.39 is 11.9 Å². The van der Waals surface area contributed by atoms with Gasteiger partial charge in [0.15, 0.2) is 6.29 Å². The first-order valence-corrected chi connectivity index (χ1v) is 6.05. The van der Waals surface area contributed by atoms with E-state index >= 15 is 0 Å². The van der Waals surface area contributed by atoms with Crippen molar-refractivity contribution >= 4 is 0 Å². The van der Waals surface area contributed by atoms with Crippen molar-refractivity contribution in [3.05, 3.63) is 12.2 Å². The third kappa shape index (κ3) is 3.76. The molecule has 0 saturated carbocycles. The van der Waals surface area contributed by atoms with Gasteiger partial charge in [-0.15, -0.1) is 0 Å². The van der Waals surface area contributed by atoms with Gasteiger partial charge in [0.2, 0.25) is 0 Å². The van der Waals surface area contributed by atoms with Gasteiger partial charge in [-0.25, -0.2) is 9.67 Å². The lowest BCUT2D eigenvalue weighted by atomic mass is 10.0. The molecule has 0 aliphatic rings.